The average Bonchev–Trinajstić information content (AvgIpc) is 3.29. The van der Waals surface area contributed by atoms with Crippen LogP contribution in [0.4, 0.5) is 0 Å². The zero-order valence-electron chi connectivity index (χ0n) is 11.9. The fourth-order valence-corrected chi connectivity index (χ4v) is 2.55. The molecule has 1 aliphatic rings. The molecule has 4 heteroatoms. The van der Waals surface area contributed by atoms with Crippen LogP contribution in [-0.4, -0.2) is 17.0 Å². The van der Waals surface area contributed by atoms with E-state index in [9.17, 15) is 14.7 Å². The molecule has 20 heavy (non-hydrogen) atoms. The van der Waals surface area contributed by atoms with Gasteiger partial charge in [-0.25, -0.2) is 4.79 Å². The number of carbonyl (C=O) groups is 2. The molecule has 4 nitrogen and oxygen atoms in total. The van der Waals surface area contributed by atoms with E-state index >= 15 is 0 Å². The van der Waals surface area contributed by atoms with Gasteiger partial charge in [-0.15, -0.1) is 0 Å². The van der Waals surface area contributed by atoms with Crippen LogP contribution in [0.15, 0.2) is 30.3 Å². The van der Waals surface area contributed by atoms with Gasteiger partial charge in [-0.3, -0.25) is 4.79 Å². The molecule has 2 atom stereocenters. The molecule has 2 rings (SSSR count). The second kappa shape index (κ2) is 5.65. The third kappa shape index (κ3) is 2.69. The van der Waals surface area contributed by atoms with E-state index in [0.717, 1.165) is 12.8 Å². The van der Waals surface area contributed by atoms with Crippen molar-refractivity contribution < 1.29 is 14.7 Å². The van der Waals surface area contributed by atoms with Crippen LogP contribution in [-0.2, 0) is 15.1 Å². The van der Waals surface area contributed by atoms with Crippen molar-refractivity contribution in [3.05, 3.63) is 35.9 Å². The molecule has 1 aliphatic carbocycles. The highest BCUT2D eigenvalue weighted by Gasteiger charge is 2.43. The summed E-state index contributed by atoms with van der Waals surface area (Å²) in [4.78, 5) is 24.1. The first-order valence-electron chi connectivity index (χ1n) is 7.12. The van der Waals surface area contributed by atoms with E-state index in [2.05, 4.69) is 5.32 Å². The highest BCUT2D eigenvalue weighted by atomic mass is 16.4. The lowest BCUT2D eigenvalue weighted by Crippen LogP contribution is -2.53. The molecule has 2 unspecified atom stereocenters. The Labute approximate surface area is 119 Å². The van der Waals surface area contributed by atoms with Gasteiger partial charge in [0.25, 0.3) is 0 Å². The number of aliphatic carboxylic acids is 1. The Morgan fingerprint density at radius 1 is 1.35 bits per heavy atom. The lowest BCUT2D eigenvalue weighted by atomic mass is 9.86. The number of carboxylic acids is 1. The van der Waals surface area contributed by atoms with Gasteiger partial charge in [0.2, 0.25) is 5.91 Å². The number of carbonyl (C=O) groups excluding carboxylic acids is 1. The van der Waals surface area contributed by atoms with Crippen LogP contribution >= 0.6 is 0 Å². The van der Waals surface area contributed by atoms with Gasteiger partial charge in [-0.2, -0.15) is 0 Å². The molecule has 0 aromatic heterocycles. The first-order chi connectivity index (χ1) is 9.51. The van der Waals surface area contributed by atoms with Gasteiger partial charge >= 0.3 is 5.97 Å². The Balaban J connectivity index is 2.27. The molecule has 1 amide bonds. The van der Waals surface area contributed by atoms with Gasteiger partial charge in [0.05, 0.1) is 0 Å². The number of hydrogen-bond acceptors (Lipinski definition) is 2. The number of nitrogens with one attached hydrogen (secondary N) is 1. The minimum Gasteiger partial charge on any atom is -0.479 e. The summed E-state index contributed by atoms with van der Waals surface area (Å²) in [5, 5.41) is 12.4. The van der Waals surface area contributed by atoms with E-state index in [4.69, 9.17) is 0 Å². The summed E-state index contributed by atoms with van der Waals surface area (Å²) in [7, 11) is 0. The van der Waals surface area contributed by atoms with E-state index in [1.165, 1.54) is 0 Å². The van der Waals surface area contributed by atoms with Crippen LogP contribution in [0.2, 0.25) is 0 Å². The Bertz CT molecular complexity index is 496. The van der Waals surface area contributed by atoms with Crippen LogP contribution in [0.5, 0.6) is 0 Å². The third-order valence-electron chi connectivity index (χ3n) is 4.24. The number of amides is 1. The summed E-state index contributed by atoms with van der Waals surface area (Å²) in [6.45, 7) is 3.66. The smallest absolute Gasteiger partial charge is 0.334 e. The predicted octanol–water partition coefficient (Wildman–Crippen LogP) is 2.54. The SMILES string of the molecule is CCC(NC(=O)C(C)C1CC1)(C(=O)O)c1ccccc1. The van der Waals surface area contributed by atoms with Crippen molar-refractivity contribution in [1.29, 1.82) is 0 Å². The summed E-state index contributed by atoms with van der Waals surface area (Å²) in [6, 6.07) is 8.91. The van der Waals surface area contributed by atoms with Crippen LogP contribution in [0.25, 0.3) is 0 Å². The minimum atomic E-state index is -1.33. The molecule has 0 bridgehead atoms. The second-order valence-electron chi connectivity index (χ2n) is 5.55. The number of rotatable bonds is 6. The maximum absolute atomic E-state index is 12.3. The number of carboxylic acid groups (broad SMARTS) is 1. The predicted molar refractivity (Wildman–Crippen MR) is 76.1 cm³/mol. The van der Waals surface area contributed by atoms with E-state index in [-0.39, 0.29) is 11.8 Å². The van der Waals surface area contributed by atoms with Gasteiger partial charge in [0.15, 0.2) is 5.54 Å². The van der Waals surface area contributed by atoms with Crippen LogP contribution in [0.3, 0.4) is 0 Å². The van der Waals surface area contributed by atoms with Crippen LogP contribution in [0.1, 0.15) is 38.7 Å². The zero-order valence-corrected chi connectivity index (χ0v) is 11.9. The van der Waals surface area contributed by atoms with Crippen molar-refractivity contribution in [2.24, 2.45) is 11.8 Å². The second-order valence-corrected chi connectivity index (χ2v) is 5.55. The molecule has 108 valence electrons. The standard InChI is InChI=1S/C16H21NO3/c1-3-16(15(19)20,13-7-5-4-6-8-13)17-14(18)11(2)12-9-10-12/h4-8,11-12H,3,9-10H2,1-2H3,(H,17,18)(H,19,20). The summed E-state index contributed by atoms with van der Waals surface area (Å²) in [5.74, 6) is -0.888. The van der Waals surface area contributed by atoms with Crippen LogP contribution < -0.4 is 5.32 Å². The molecular formula is C16H21NO3. The van der Waals surface area contributed by atoms with E-state index in [0.29, 0.717) is 17.9 Å². The highest BCUT2D eigenvalue weighted by molar-refractivity contribution is 5.89. The van der Waals surface area contributed by atoms with Crippen LogP contribution in [0, 0.1) is 11.8 Å². The lowest BCUT2D eigenvalue weighted by Gasteiger charge is -2.31. The first-order valence-corrected chi connectivity index (χ1v) is 7.12. The van der Waals surface area contributed by atoms with Crippen molar-refractivity contribution in [3.8, 4) is 0 Å². The van der Waals surface area contributed by atoms with Crippen molar-refractivity contribution in [1.82, 2.24) is 5.32 Å². The largest absolute Gasteiger partial charge is 0.479 e. The normalized spacial score (nSPS) is 18.9. The van der Waals surface area contributed by atoms with E-state index in [1.54, 1.807) is 31.2 Å². The molecule has 1 aromatic carbocycles. The van der Waals surface area contributed by atoms with Gasteiger partial charge < -0.3 is 10.4 Å². The van der Waals surface area contributed by atoms with Crippen molar-refractivity contribution in [3.63, 3.8) is 0 Å². The minimum absolute atomic E-state index is 0.121. The Morgan fingerprint density at radius 2 is 1.95 bits per heavy atom. The highest BCUT2D eigenvalue weighted by Crippen LogP contribution is 2.37. The van der Waals surface area contributed by atoms with Crippen molar-refractivity contribution in [2.75, 3.05) is 0 Å². The summed E-state index contributed by atoms with van der Waals surface area (Å²) in [6.07, 6.45) is 2.44. The average molecular weight is 275 g/mol. The molecule has 2 N–H and O–H groups in total. The van der Waals surface area contributed by atoms with Crippen molar-refractivity contribution >= 4 is 11.9 Å². The Morgan fingerprint density at radius 3 is 2.40 bits per heavy atom. The fraction of sp³-hybridized carbons (Fsp3) is 0.500. The summed E-state index contributed by atoms with van der Waals surface area (Å²) < 4.78 is 0. The lowest BCUT2D eigenvalue weighted by molar-refractivity contribution is -0.149. The molecule has 1 aromatic rings. The van der Waals surface area contributed by atoms with Gasteiger partial charge in [-0.1, -0.05) is 44.2 Å². The van der Waals surface area contributed by atoms with E-state index < -0.39 is 11.5 Å². The maximum Gasteiger partial charge on any atom is 0.334 e. The monoisotopic (exact) mass is 275 g/mol. The molecule has 0 spiro atoms. The topological polar surface area (TPSA) is 66.4 Å². The molecule has 0 aliphatic heterocycles. The quantitative estimate of drug-likeness (QED) is 0.838. The molecule has 0 saturated heterocycles. The summed E-state index contributed by atoms with van der Waals surface area (Å²) >= 11 is 0. The van der Waals surface area contributed by atoms with Crippen molar-refractivity contribution in [2.45, 2.75) is 38.6 Å². The number of benzene rings is 1. The molecule has 1 fully saturated rings. The zero-order chi connectivity index (χ0) is 14.8. The first kappa shape index (κ1) is 14.6. The number of hydrogen-bond donors (Lipinski definition) is 2. The van der Waals surface area contributed by atoms with Gasteiger partial charge in [0.1, 0.15) is 0 Å². The molecule has 0 radical (unpaired) electrons. The molecule has 1 saturated carbocycles. The summed E-state index contributed by atoms with van der Waals surface area (Å²) in [5.41, 5.74) is -0.715. The third-order valence-corrected chi connectivity index (χ3v) is 4.24. The van der Waals surface area contributed by atoms with E-state index in [1.807, 2.05) is 13.0 Å². The van der Waals surface area contributed by atoms with Gasteiger partial charge in [0, 0.05) is 5.92 Å². The molecule has 0 heterocycles. The van der Waals surface area contributed by atoms with Gasteiger partial charge in [-0.05, 0) is 30.7 Å². The fourth-order valence-electron chi connectivity index (χ4n) is 2.55. The Hall–Kier alpha value is -1.84. The molecular weight excluding hydrogens is 254 g/mol. The maximum atomic E-state index is 12.3. The Kier molecular flexibility index (Phi) is 4.12.